The Hall–Kier alpha value is -1.63. The van der Waals surface area contributed by atoms with Gasteiger partial charge in [-0.2, -0.15) is 0 Å². The van der Waals surface area contributed by atoms with Gasteiger partial charge in [-0.3, -0.25) is 4.79 Å². The van der Waals surface area contributed by atoms with Crippen molar-refractivity contribution in [3.8, 4) is 0 Å². The van der Waals surface area contributed by atoms with E-state index in [1.54, 1.807) is 18.3 Å². The van der Waals surface area contributed by atoms with Gasteiger partial charge >= 0.3 is 0 Å². The molecular weight excluding hydrogens is 343 g/mol. The molecule has 1 N–H and O–H groups in total. The van der Waals surface area contributed by atoms with Crippen molar-refractivity contribution in [2.45, 2.75) is 6.92 Å². The van der Waals surface area contributed by atoms with Crippen molar-refractivity contribution in [3.63, 3.8) is 0 Å². The first-order valence-corrected chi connectivity index (χ1v) is 6.38. The zero-order chi connectivity index (χ0) is 13.0. The van der Waals surface area contributed by atoms with Crippen LogP contribution in [-0.4, -0.2) is 10.9 Å². The van der Waals surface area contributed by atoms with Crippen molar-refractivity contribution >= 4 is 40.4 Å². The third kappa shape index (κ3) is 3.69. The highest BCUT2D eigenvalue weighted by Gasteiger charge is 2.00. The van der Waals surface area contributed by atoms with Crippen molar-refractivity contribution < 1.29 is 9.21 Å². The number of halogens is 1. The number of amides is 1. The van der Waals surface area contributed by atoms with Gasteiger partial charge in [-0.1, -0.05) is 0 Å². The number of carbonyl (C=O) groups excluding carboxylic acids is 1. The molecule has 92 valence electrons. The molecule has 18 heavy (non-hydrogen) atoms. The smallest absolute Gasteiger partial charge is 0.249 e. The van der Waals surface area contributed by atoms with Gasteiger partial charge in [-0.15, -0.1) is 0 Å². The fourth-order valence-corrected chi connectivity index (χ4v) is 1.78. The Kier molecular flexibility index (Phi) is 4.14. The fraction of sp³-hybridized carbons (Fsp3) is 0.0769. The van der Waals surface area contributed by atoms with Crippen LogP contribution in [0.25, 0.3) is 6.08 Å². The van der Waals surface area contributed by atoms with E-state index in [2.05, 4.69) is 32.9 Å². The van der Waals surface area contributed by atoms with Crippen LogP contribution in [0, 0.1) is 10.7 Å². The highest BCUT2D eigenvalue weighted by atomic mass is 127. The monoisotopic (exact) mass is 354 g/mol. The molecule has 0 radical (unpaired) electrons. The number of furan rings is 1. The topological polar surface area (TPSA) is 55.1 Å². The van der Waals surface area contributed by atoms with Crippen LogP contribution >= 0.6 is 22.6 Å². The zero-order valence-corrected chi connectivity index (χ0v) is 11.8. The first-order chi connectivity index (χ1) is 8.63. The second-order valence-corrected chi connectivity index (χ2v) is 4.75. The van der Waals surface area contributed by atoms with Gasteiger partial charge in [0.05, 0.1) is 0 Å². The number of aryl methyl sites for hydroxylation is 1. The number of nitrogens with zero attached hydrogens (tertiary/aromatic N) is 1. The van der Waals surface area contributed by atoms with Gasteiger partial charge in [-0.25, -0.2) is 4.98 Å². The molecule has 0 saturated heterocycles. The lowest BCUT2D eigenvalue weighted by molar-refractivity contribution is -0.111. The van der Waals surface area contributed by atoms with Crippen molar-refractivity contribution in [1.82, 2.24) is 4.98 Å². The highest BCUT2D eigenvalue weighted by molar-refractivity contribution is 14.1. The summed E-state index contributed by atoms with van der Waals surface area (Å²) < 4.78 is 6.09. The summed E-state index contributed by atoms with van der Waals surface area (Å²) in [4.78, 5) is 15.7. The van der Waals surface area contributed by atoms with Crippen LogP contribution < -0.4 is 5.32 Å². The largest absolute Gasteiger partial charge is 0.451 e. The van der Waals surface area contributed by atoms with Gasteiger partial charge < -0.3 is 9.73 Å². The van der Waals surface area contributed by atoms with Gasteiger partial charge in [0.25, 0.3) is 0 Å². The van der Waals surface area contributed by atoms with E-state index >= 15 is 0 Å². The van der Waals surface area contributed by atoms with Crippen LogP contribution in [-0.2, 0) is 4.79 Å². The molecule has 0 aliphatic heterocycles. The number of rotatable bonds is 3. The molecule has 4 nitrogen and oxygen atoms in total. The van der Waals surface area contributed by atoms with Crippen LogP contribution in [0.3, 0.4) is 0 Å². The Morgan fingerprint density at radius 3 is 2.94 bits per heavy atom. The van der Waals surface area contributed by atoms with Crippen LogP contribution in [0.1, 0.15) is 11.3 Å². The van der Waals surface area contributed by atoms with E-state index in [4.69, 9.17) is 4.42 Å². The summed E-state index contributed by atoms with van der Waals surface area (Å²) >= 11 is 2.07. The van der Waals surface area contributed by atoms with E-state index in [1.165, 1.54) is 6.08 Å². The summed E-state index contributed by atoms with van der Waals surface area (Å²) in [6.07, 6.45) is 4.69. The number of aromatic nitrogens is 1. The van der Waals surface area contributed by atoms with Gasteiger partial charge in [0.1, 0.15) is 11.6 Å². The minimum atomic E-state index is -0.237. The maximum atomic E-state index is 11.6. The third-order valence-corrected chi connectivity index (χ3v) is 2.74. The van der Waals surface area contributed by atoms with Crippen LogP contribution in [0.4, 0.5) is 5.82 Å². The summed E-state index contributed by atoms with van der Waals surface area (Å²) in [7, 11) is 0. The van der Waals surface area contributed by atoms with Gasteiger partial charge in [0, 0.05) is 12.3 Å². The van der Waals surface area contributed by atoms with Crippen LogP contribution in [0.2, 0.25) is 0 Å². The Balaban J connectivity index is 1.98. The van der Waals surface area contributed by atoms with Gasteiger partial charge in [0.15, 0.2) is 3.77 Å². The molecule has 0 bridgehead atoms. The molecule has 2 rings (SSSR count). The minimum absolute atomic E-state index is 0.237. The summed E-state index contributed by atoms with van der Waals surface area (Å²) in [5.41, 5.74) is 1.05. The van der Waals surface area contributed by atoms with E-state index in [0.29, 0.717) is 11.6 Å². The quantitative estimate of drug-likeness (QED) is 0.680. The molecule has 0 atom stereocenters. The Labute approximate surface area is 118 Å². The Morgan fingerprint density at radius 2 is 2.28 bits per heavy atom. The zero-order valence-electron chi connectivity index (χ0n) is 9.68. The number of hydrogen-bond acceptors (Lipinski definition) is 3. The predicted molar refractivity (Wildman–Crippen MR) is 78.1 cm³/mol. The number of hydrogen-bond donors (Lipinski definition) is 1. The number of anilines is 1. The summed E-state index contributed by atoms with van der Waals surface area (Å²) in [5.74, 6) is 0.949. The molecule has 0 saturated carbocycles. The van der Waals surface area contributed by atoms with Crippen molar-refractivity contribution in [2.24, 2.45) is 0 Å². The second kappa shape index (κ2) is 5.81. The predicted octanol–water partition coefficient (Wildman–Crippen LogP) is 3.24. The third-order valence-electron chi connectivity index (χ3n) is 2.16. The molecule has 0 aliphatic rings. The molecule has 2 heterocycles. The first kappa shape index (κ1) is 12.8. The fourth-order valence-electron chi connectivity index (χ4n) is 1.35. The van der Waals surface area contributed by atoms with E-state index < -0.39 is 0 Å². The van der Waals surface area contributed by atoms with Crippen LogP contribution in [0.15, 0.2) is 41.0 Å². The SMILES string of the molecule is Cc1ccnc(NC(=O)/C=C/c2ccc(I)o2)c1. The normalized spacial score (nSPS) is 10.8. The van der Waals surface area contributed by atoms with Crippen molar-refractivity contribution in [3.05, 3.63) is 51.6 Å². The maximum absolute atomic E-state index is 11.6. The van der Waals surface area contributed by atoms with E-state index in [9.17, 15) is 4.79 Å². The Bertz CT molecular complexity index is 590. The van der Waals surface area contributed by atoms with E-state index in [1.807, 2.05) is 25.1 Å². The van der Waals surface area contributed by atoms with E-state index in [-0.39, 0.29) is 5.91 Å². The molecular formula is C13H11IN2O2. The average molecular weight is 354 g/mol. The van der Waals surface area contributed by atoms with E-state index in [0.717, 1.165) is 9.33 Å². The maximum Gasteiger partial charge on any atom is 0.249 e. The second-order valence-electron chi connectivity index (χ2n) is 3.68. The molecule has 0 spiro atoms. The first-order valence-electron chi connectivity index (χ1n) is 5.30. The highest BCUT2D eigenvalue weighted by Crippen LogP contribution is 2.11. The molecule has 2 aromatic rings. The molecule has 5 heteroatoms. The molecule has 0 unspecified atom stereocenters. The number of nitrogens with one attached hydrogen (secondary N) is 1. The minimum Gasteiger partial charge on any atom is -0.451 e. The average Bonchev–Trinajstić information content (AvgIpc) is 2.73. The summed E-state index contributed by atoms with van der Waals surface area (Å²) in [6.45, 7) is 1.94. The molecule has 0 aliphatic carbocycles. The lowest BCUT2D eigenvalue weighted by Gasteiger charge is -2.01. The van der Waals surface area contributed by atoms with Crippen molar-refractivity contribution in [1.29, 1.82) is 0 Å². The number of carbonyl (C=O) groups is 1. The summed E-state index contributed by atoms with van der Waals surface area (Å²) in [5, 5.41) is 2.68. The molecule has 0 fully saturated rings. The molecule has 1 amide bonds. The number of pyridine rings is 1. The van der Waals surface area contributed by atoms with Crippen molar-refractivity contribution in [2.75, 3.05) is 5.32 Å². The standard InChI is InChI=1S/C13H11IN2O2/c1-9-6-7-15-12(8-9)16-13(17)5-3-10-2-4-11(14)18-10/h2-8H,1H3,(H,15,16,17)/b5-3+. The van der Waals surface area contributed by atoms with Gasteiger partial charge in [-0.05, 0) is 65.4 Å². The molecule has 2 aromatic heterocycles. The van der Waals surface area contributed by atoms with Crippen LogP contribution in [0.5, 0.6) is 0 Å². The lowest BCUT2D eigenvalue weighted by atomic mass is 10.3. The lowest BCUT2D eigenvalue weighted by Crippen LogP contribution is -2.09. The molecule has 0 aromatic carbocycles. The summed E-state index contributed by atoms with van der Waals surface area (Å²) in [6, 6.07) is 7.31. The van der Waals surface area contributed by atoms with Gasteiger partial charge in [0.2, 0.25) is 5.91 Å². The Morgan fingerprint density at radius 1 is 1.44 bits per heavy atom.